The standard InChI is InChI=1S/C25H28N6O2/c1-26-23-15-18(10-12-28-23)19-14-22(25(33)29-16-19)30-21-8-5-13-31(17-21)24(32)9-4-7-20-6-2-3-11-27-20/h2-4,6,9-12,14-16,21,30H,5,7-8,13,17H2,1H3,(H,26,28)(H,29,33)/b9-4+. The molecule has 1 aliphatic heterocycles. The maximum absolute atomic E-state index is 12.7. The van der Waals surface area contributed by atoms with Crippen LogP contribution in [0.5, 0.6) is 0 Å². The molecular formula is C25H28N6O2. The van der Waals surface area contributed by atoms with Gasteiger partial charge in [0.2, 0.25) is 5.91 Å². The second-order valence-corrected chi connectivity index (χ2v) is 8.01. The number of hydrogen-bond donors (Lipinski definition) is 3. The number of hydrogen-bond acceptors (Lipinski definition) is 6. The zero-order valence-corrected chi connectivity index (χ0v) is 18.6. The van der Waals surface area contributed by atoms with Gasteiger partial charge in [-0.3, -0.25) is 14.6 Å². The lowest BCUT2D eigenvalue weighted by Crippen LogP contribution is -2.45. The maximum atomic E-state index is 12.7. The molecule has 0 aliphatic carbocycles. The van der Waals surface area contributed by atoms with Gasteiger partial charge in [0, 0.05) is 62.4 Å². The van der Waals surface area contributed by atoms with Crippen molar-refractivity contribution in [3.05, 3.63) is 83.2 Å². The van der Waals surface area contributed by atoms with Crippen molar-refractivity contribution in [1.29, 1.82) is 0 Å². The highest BCUT2D eigenvalue weighted by Crippen LogP contribution is 2.23. The number of carbonyl (C=O) groups excluding carboxylic acids is 1. The summed E-state index contributed by atoms with van der Waals surface area (Å²) in [5.74, 6) is 0.738. The van der Waals surface area contributed by atoms with Crippen LogP contribution in [0.1, 0.15) is 18.5 Å². The number of pyridine rings is 3. The smallest absolute Gasteiger partial charge is 0.271 e. The van der Waals surface area contributed by atoms with Gasteiger partial charge in [-0.25, -0.2) is 4.98 Å². The molecule has 8 nitrogen and oxygen atoms in total. The van der Waals surface area contributed by atoms with Gasteiger partial charge in [-0.05, 0) is 54.8 Å². The number of H-pyrrole nitrogens is 1. The first kappa shape index (κ1) is 22.3. The van der Waals surface area contributed by atoms with Crippen molar-refractivity contribution < 1.29 is 4.79 Å². The van der Waals surface area contributed by atoms with Crippen LogP contribution in [-0.4, -0.2) is 51.9 Å². The Morgan fingerprint density at radius 1 is 1.21 bits per heavy atom. The number of nitrogens with one attached hydrogen (secondary N) is 3. The molecule has 3 N–H and O–H groups in total. The van der Waals surface area contributed by atoms with Crippen molar-refractivity contribution in [2.24, 2.45) is 0 Å². The first-order valence-corrected chi connectivity index (χ1v) is 11.1. The highest BCUT2D eigenvalue weighted by atomic mass is 16.2. The lowest BCUT2D eigenvalue weighted by molar-refractivity contribution is -0.127. The van der Waals surface area contributed by atoms with Crippen molar-refractivity contribution in [2.45, 2.75) is 25.3 Å². The molecule has 1 atom stereocenters. The van der Waals surface area contributed by atoms with E-state index in [1.807, 2.05) is 54.4 Å². The monoisotopic (exact) mass is 444 g/mol. The molecule has 1 aliphatic rings. The summed E-state index contributed by atoms with van der Waals surface area (Å²) in [5.41, 5.74) is 3.08. The normalized spacial score (nSPS) is 16.0. The molecule has 33 heavy (non-hydrogen) atoms. The second kappa shape index (κ2) is 10.6. The van der Waals surface area contributed by atoms with Crippen LogP contribution in [0.25, 0.3) is 11.1 Å². The molecule has 1 unspecified atom stereocenters. The number of piperidine rings is 1. The summed E-state index contributed by atoms with van der Waals surface area (Å²) in [4.78, 5) is 38.3. The van der Waals surface area contributed by atoms with Crippen molar-refractivity contribution in [2.75, 3.05) is 30.8 Å². The molecule has 0 spiro atoms. The quantitative estimate of drug-likeness (QED) is 0.484. The fraction of sp³-hybridized carbons (Fsp3) is 0.280. The van der Waals surface area contributed by atoms with Crippen molar-refractivity contribution in [3.63, 3.8) is 0 Å². The zero-order chi connectivity index (χ0) is 23.0. The Labute approximate surface area is 192 Å². The second-order valence-electron chi connectivity index (χ2n) is 8.01. The topological polar surface area (TPSA) is 103 Å². The maximum Gasteiger partial charge on any atom is 0.271 e. The first-order valence-electron chi connectivity index (χ1n) is 11.1. The van der Waals surface area contributed by atoms with Gasteiger partial charge in [0.25, 0.3) is 5.56 Å². The molecule has 0 saturated carbocycles. The number of likely N-dealkylation sites (tertiary alicyclic amines) is 1. The predicted octanol–water partition coefficient (Wildman–Crippen LogP) is 3.08. The number of aromatic nitrogens is 3. The summed E-state index contributed by atoms with van der Waals surface area (Å²) in [5, 5.41) is 6.37. The van der Waals surface area contributed by atoms with Gasteiger partial charge >= 0.3 is 0 Å². The molecule has 170 valence electrons. The summed E-state index contributed by atoms with van der Waals surface area (Å²) >= 11 is 0. The largest absolute Gasteiger partial charge is 0.376 e. The lowest BCUT2D eigenvalue weighted by Gasteiger charge is -2.33. The van der Waals surface area contributed by atoms with Gasteiger partial charge < -0.3 is 20.5 Å². The van der Waals surface area contributed by atoms with Crippen LogP contribution < -0.4 is 16.2 Å². The molecule has 1 amide bonds. The number of rotatable bonds is 7. The SMILES string of the molecule is CNc1cc(-c2c[nH]c(=O)c(NC3CCCN(C(=O)/C=C/Cc4ccccn4)C3)c2)ccn1. The van der Waals surface area contributed by atoms with Crippen LogP contribution in [0, 0.1) is 0 Å². The van der Waals surface area contributed by atoms with Crippen LogP contribution in [0.3, 0.4) is 0 Å². The number of carbonyl (C=O) groups is 1. The molecule has 0 radical (unpaired) electrons. The van der Waals surface area contributed by atoms with E-state index in [-0.39, 0.29) is 17.5 Å². The Kier molecular flexibility index (Phi) is 7.14. The van der Waals surface area contributed by atoms with E-state index < -0.39 is 0 Å². The number of nitrogens with zero attached hydrogens (tertiary/aromatic N) is 3. The van der Waals surface area contributed by atoms with Crippen LogP contribution >= 0.6 is 0 Å². The third kappa shape index (κ3) is 5.85. The minimum absolute atomic E-state index is 0.00792. The minimum Gasteiger partial charge on any atom is -0.376 e. The number of aromatic amines is 1. The molecule has 8 heteroatoms. The van der Waals surface area contributed by atoms with E-state index in [4.69, 9.17) is 0 Å². The van der Waals surface area contributed by atoms with Crippen LogP contribution in [0.2, 0.25) is 0 Å². The van der Waals surface area contributed by atoms with Gasteiger partial charge in [0.1, 0.15) is 11.5 Å². The summed E-state index contributed by atoms with van der Waals surface area (Å²) in [6.07, 6.45) is 11.0. The molecule has 0 bridgehead atoms. The highest BCUT2D eigenvalue weighted by molar-refractivity contribution is 5.87. The predicted molar refractivity (Wildman–Crippen MR) is 130 cm³/mol. The van der Waals surface area contributed by atoms with Gasteiger partial charge in [0.05, 0.1) is 0 Å². The van der Waals surface area contributed by atoms with Crippen LogP contribution in [0.4, 0.5) is 11.5 Å². The molecule has 3 aromatic heterocycles. The Morgan fingerprint density at radius 2 is 2.12 bits per heavy atom. The van der Waals surface area contributed by atoms with E-state index in [9.17, 15) is 9.59 Å². The molecule has 4 rings (SSSR count). The Hall–Kier alpha value is -3.94. The minimum atomic E-state index is -0.180. The van der Waals surface area contributed by atoms with E-state index in [1.54, 1.807) is 24.7 Å². The van der Waals surface area contributed by atoms with E-state index >= 15 is 0 Å². The van der Waals surface area contributed by atoms with Gasteiger partial charge in [0.15, 0.2) is 0 Å². The average Bonchev–Trinajstić information content (AvgIpc) is 2.86. The summed E-state index contributed by atoms with van der Waals surface area (Å²) in [6.45, 7) is 1.26. The summed E-state index contributed by atoms with van der Waals surface area (Å²) in [6, 6.07) is 11.4. The molecule has 1 saturated heterocycles. The first-order chi connectivity index (χ1) is 16.1. The van der Waals surface area contributed by atoms with Gasteiger partial charge in [-0.1, -0.05) is 12.1 Å². The van der Waals surface area contributed by atoms with E-state index in [0.717, 1.165) is 35.5 Å². The highest BCUT2D eigenvalue weighted by Gasteiger charge is 2.23. The number of anilines is 2. The Bertz CT molecular complexity index is 1170. The summed E-state index contributed by atoms with van der Waals surface area (Å²) < 4.78 is 0. The van der Waals surface area contributed by atoms with Crippen LogP contribution in [-0.2, 0) is 11.2 Å². The van der Waals surface area contributed by atoms with Crippen molar-refractivity contribution in [3.8, 4) is 11.1 Å². The van der Waals surface area contributed by atoms with E-state index in [1.165, 1.54) is 0 Å². The molecule has 3 aromatic rings. The Balaban J connectivity index is 1.40. The molecule has 4 heterocycles. The van der Waals surface area contributed by atoms with E-state index in [0.29, 0.717) is 25.2 Å². The Morgan fingerprint density at radius 3 is 2.94 bits per heavy atom. The van der Waals surface area contributed by atoms with Gasteiger partial charge in [-0.15, -0.1) is 0 Å². The third-order valence-corrected chi connectivity index (χ3v) is 5.66. The van der Waals surface area contributed by atoms with Crippen molar-refractivity contribution >= 4 is 17.4 Å². The van der Waals surface area contributed by atoms with Crippen molar-refractivity contribution in [1.82, 2.24) is 19.9 Å². The van der Waals surface area contributed by atoms with Crippen LogP contribution in [0.15, 0.2) is 71.9 Å². The molecule has 0 aromatic carbocycles. The zero-order valence-electron chi connectivity index (χ0n) is 18.6. The molecule has 1 fully saturated rings. The fourth-order valence-corrected chi connectivity index (χ4v) is 3.92. The molecular weight excluding hydrogens is 416 g/mol. The third-order valence-electron chi connectivity index (χ3n) is 5.66. The van der Waals surface area contributed by atoms with Gasteiger partial charge in [-0.2, -0.15) is 0 Å². The van der Waals surface area contributed by atoms with E-state index in [2.05, 4.69) is 25.6 Å². The average molecular weight is 445 g/mol. The summed E-state index contributed by atoms with van der Waals surface area (Å²) in [7, 11) is 1.82. The fourth-order valence-electron chi connectivity index (χ4n) is 3.92. The number of amides is 1. The lowest BCUT2D eigenvalue weighted by atomic mass is 10.0. The number of allylic oxidation sites excluding steroid dienone is 1.